The Hall–Kier alpha value is 0.553. The van der Waals surface area contributed by atoms with E-state index in [0.29, 0.717) is 0 Å². The third-order valence-electron chi connectivity index (χ3n) is 0.602. The Morgan fingerprint density at radius 3 is 2.00 bits per heavy atom. The summed E-state index contributed by atoms with van der Waals surface area (Å²) in [5.74, 6) is 0.289. The summed E-state index contributed by atoms with van der Waals surface area (Å²) in [7, 11) is 0. The van der Waals surface area contributed by atoms with Crippen LogP contribution in [-0.4, -0.2) is 5.78 Å². The van der Waals surface area contributed by atoms with Crippen LogP contribution in [0.25, 0.3) is 0 Å². The van der Waals surface area contributed by atoms with Gasteiger partial charge in [0.1, 0.15) is 5.78 Å². The van der Waals surface area contributed by atoms with Gasteiger partial charge in [-0.2, -0.15) is 0 Å². The summed E-state index contributed by atoms with van der Waals surface area (Å²) in [6.07, 6.45) is 1.72. The summed E-state index contributed by atoms with van der Waals surface area (Å²) >= 11 is 0. The molecule has 0 heterocycles. The molecule has 0 aromatic rings. The molecule has 0 spiro atoms. The molecule has 1 nitrogen and oxygen atoms in total. The van der Waals surface area contributed by atoms with Gasteiger partial charge in [0.2, 0.25) is 0 Å². The molecule has 2 heteroatoms. The van der Waals surface area contributed by atoms with E-state index in [4.69, 9.17) is 0 Å². The molecule has 0 amide bonds. The predicted molar refractivity (Wildman–Crippen MR) is 25.6 cm³/mol. The number of carbonyl (C=O) groups excluding carboxylic acids is 1. The summed E-state index contributed by atoms with van der Waals surface area (Å²) in [5, 5.41) is 0. The summed E-state index contributed by atoms with van der Waals surface area (Å²) in [5.41, 5.74) is 0. The number of carbonyl (C=O) groups is 1. The number of rotatable bonds is 2. The smallest absolute Gasteiger partial charge is 0.129 e. The van der Waals surface area contributed by atoms with Crippen molar-refractivity contribution in [2.45, 2.75) is 26.7 Å². The zero-order chi connectivity index (χ0) is 4.99. The van der Waals surface area contributed by atoms with E-state index in [0.717, 1.165) is 12.8 Å². The van der Waals surface area contributed by atoms with Crippen LogP contribution in [0.2, 0.25) is 0 Å². The second-order valence-corrected chi connectivity index (χ2v) is 1.45. The quantitative estimate of drug-likeness (QED) is 0.623. The van der Waals surface area contributed by atoms with Crippen molar-refractivity contribution in [1.29, 1.82) is 0 Å². The summed E-state index contributed by atoms with van der Waals surface area (Å²) in [6.45, 7) is 3.62. The van der Waals surface area contributed by atoms with E-state index in [2.05, 4.69) is 0 Å². The van der Waals surface area contributed by atoms with E-state index >= 15 is 0 Å². The molecule has 0 rings (SSSR count). The van der Waals surface area contributed by atoms with Gasteiger partial charge in [0.05, 0.1) is 0 Å². The Morgan fingerprint density at radius 1 is 1.57 bits per heavy atom. The Bertz CT molecular complexity index is 52.0. The fraction of sp³-hybridized carbons (Fsp3) is 0.800. The van der Waals surface area contributed by atoms with E-state index in [1.807, 2.05) is 6.92 Å². The van der Waals surface area contributed by atoms with Crippen molar-refractivity contribution < 1.29 is 31.0 Å². The van der Waals surface area contributed by atoms with Gasteiger partial charge in [-0.25, -0.2) is 0 Å². The van der Waals surface area contributed by atoms with Gasteiger partial charge in [0, 0.05) is 32.6 Å². The maximum atomic E-state index is 10.0. The minimum atomic E-state index is 0. The van der Waals surface area contributed by atoms with Gasteiger partial charge in [0.15, 0.2) is 0 Å². The van der Waals surface area contributed by atoms with Crippen LogP contribution in [0.4, 0.5) is 0 Å². The zero-order valence-corrected chi connectivity index (χ0v) is 7.28. The standard InChI is InChI=1S/C5H10O.Zr/c1-3-4-5(2)6;/h3-4H2,1-2H3;. The fourth-order valence-electron chi connectivity index (χ4n) is 0.352. The number of hydrogen-bond donors (Lipinski definition) is 0. The number of ketones is 1. The largest absolute Gasteiger partial charge is 0.300 e. The first-order valence-electron chi connectivity index (χ1n) is 2.26. The van der Waals surface area contributed by atoms with Crippen LogP contribution < -0.4 is 0 Å². The zero-order valence-electron chi connectivity index (χ0n) is 4.82. The van der Waals surface area contributed by atoms with Crippen molar-refractivity contribution in [2.24, 2.45) is 0 Å². The molecule has 0 unspecified atom stereocenters. The number of Topliss-reactive ketones (excluding diaryl/α,β-unsaturated/α-hetero) is 1. The molecule has 0 atom stereocenters. The average molecular weight is 177 g/mol. The molecule has 40 valence electrons. The van der Waals surface area contributed by atoms with Crippen molar-refractivity contribution in [2.75, 3.05) is 0 Å². The molecule has 0 saturated heterocycles. The van der Waals surface area contributed by atoms with Gasteiger partial charge in [-0.15, -0.1) is 0 Å². The number of hydrogen-bond acceptors (Lipinski definition) is 1. The van der Waals surface area contributed by atoms with Crippen molar-refractivity contribution in [3.63, 3.8) is 0 Å². The summed E-state index contributed by atoms with van der Waals surface area (Å²) < 4.78 is 0. The van der Waals surface area contributed by atoms with Gasteiger partial charge in [-0.05, 0) is 13.3 Å². The Morgan fingerprint density at radius 2 is 2.00 bits per heavy atom. The minimum absolute atomic E-state index is 0. The minimum Gasteiger partial charge on any atom is -0.300 e. The molecule has 0 aliphatic rings. The first-order valence-corrected chi connectivity index (χ1v) is 2.26. The van der Waals surface area contributed by atoms with Gasteiger partial charge in [-0.1, -0.05) is 6.92 Å². The third-order valence-corrected chi connectivity index (χ3v) is 0.602. The maximum Gasteiger partial charge on any atom is 0.129 e. The van der Waals surface area contributed by atoms with Crippen molar-refractivity contribution in [3.8, 4) is 0 Å². The van der Waals surface area contributed by atoms with Gasteiger partial charge >= 0.3 is 0 Å². The third kappa shape index (κ3) is 10.8. The van der Waals surface area contributed by atoms with E-state index in [1.165, 1.54) is 0 Å². The molecule has 0 N–H and O–H groups in total. The van der Waals surface area contributed by atoms with Crippen LogP contribution in [0, 0.1) is 0 Å². The molecular formula is C5H10OZr. The molecule has 0 aliphatic carbocycles. The van der Waals surface area contributed by atoms with Crippen LogP contribution in [0.1, 0.15) is 26.7 Å². The molecule has 0 aromatic heterocycles. The van der Waals surface area contributed by atoms with Crippen molar-refractivity contribution in [1.82, 2.24) is 0 Å². The molecule has 0 bridgehead atoms. The second kappa shape index (κ2) is 6.55. The summed E-state index contributed by atoms with van der Waals surface area (Å²) in [4.78, 5) is 10.0. The first-order chi connectivity index (χ1) is 2.77. The van der Waals surface area contributed by atoms with Gasteiger partial charge < -0.3 is 4.79 Å². The Kier molecular flexibility index (Phi) is 9.85. The van der Waals surface area contributed by atoms with E-state index in [9.17, 15) is 4.79 Å². The van der Waals surface area contributed by atoms with Crippen LogP contribution >= 0.6 is 0 Å². The topological polar surface area (TPSA) is 17.1 Å². The van der Waals surface area contributed by atoms with Crippen LogP contribution in [0.15, 0.2) is 0 Å². The van der Waals surface area contributed by atoms with Gasteiger partial charge in [0.25, 0.3) is 0 Å². The van der Waals surface area contributed by atoms with E-state index < -0.39 is 0 Å². The maximum absolute atomic E-state index is 10.0. The predicted octanol–water partition coefficient (Wildman–Crippen LogP) is 1.37. The molecule has 0 aliphatic heterocycles. The second-order valence-electron chi connectivity index (χ2n) is 1.45. The molecule has 0 saturated carbocycles. The molecule has 0 radical (unpaired) electrons. The SMILES string of the molecule is CCCC(C)=O.[Zr]. The van der Waals surface area contributed by atoms with Gasteiger partial charge in [-0.3, -0.25) is 0 Å². The van der Waals surface area contributed by atoms with Crippen LogP contribution in [0.3, 0.4) is 0 Å². The van der Waals surface area contributed by atoms with E-state index in [1.54, 1.807) is 6.92 Å². The molecular weight excluding hydrogens is 167 g/mol. The molecule has 0 aromatic carbocycles. The van der Waals surface area contributed by atoms with Crippen LogP contribution in [-0.2, 0) is 31.0 Å². The molecule has 0 fully saturated rings. The average Bonchev–Trinajstić information content (AvgIpc) is 1.35. The monoisotopic (exact) mass is 176 g/mol. The fourth-order valence-corrected chi connectivity index (χ4v) is 0.352. The first kappa shape index (κ1) is 10.5. The Balaban J connectivity index is 0. The Labute approximate surface area is 63.6 Å². The van der Waals surface area contributed by atoms with Crippen LogP contribution in [0.5, 0.6) is 0 Å². The van der Waals surface area contributed by atoms with Crippen molar-refractivity contribution in [3.05, 3.63) is 0 Å². The normalized spacial score (nSPS) is 7.14. The summed E-state index contributed by atoms with van der Waals surface area (Å²) in [6, 6.07) is 0. The van der Waals surface area contributed by atoms with Crippen molar-refractivity contribution >= 4 is 5.78 Å². The van der Waals surface area contributed by atoms with E-state index in [-0.39, 0.29) is 32.0 Å². The molecule has 7 heavy (non-hydrogen) atoms.